The van der Waals surface area contributed by atoms with E-state index in [9.17, 15) is 4.79 Å². The van der Waals surface area contributed by atoms with Gasteiger partial charge in [-0.15, -0.1) is 11.3 Å². The standard InChI is InChI=1S/C15H16Cl2N2OS/c1-8(2)14(20)19-15-18-9(3)13(21-15)7-10-4-5-11(16)12(17)6-10/h4-6,8H,7H2,1-3H3,(H,18,19,20). The van der Waals surface area contributed by atoms with Crippen LogP contribution >= 0.6 is 34.5 Å². The zero-order valence-corrected chi connectivity index (χ0v) is 14.4. The first kappa shape index (κ1) is 16.3. The van der Waals surface area contributed by atoms with E-state index in [0.717, 1.165) is 22.6 Å². The maximum Gasteiger partial charge on any atom is 0.228 e. The number of anilines is 1. The molecule has 1 heterocycles. The Morgan fingerprint density at radius 1 is 1.33 bits per heavy atom. The number of hydrogen-bond donors (Lipinski definition) is 1. The Morgan fingerprint density at radius 3 is 2.67 bits per heavy atom. The van der Waals surface area contributed by atoms with E-state index in [0.29, 0.717) is 15.2 Å². The van der Waals surface area contributed by atoms with Crippen molar-refractivity contribution < 1.29 is 4.79 Å². The van der Waals surface area contributed by atoms with Gasteiger partial charge in [-0.05, 0) is 24.6 Å². The highest BCUT2D eigenvalue weighted by Crippen LogP contribution is 2.28. The number of benzene rings is 1. The molecule has 112 valence electrons. The van der Waals surface area contributed by atoms with Crippen molar-refractivity contribution in [1.82, 2.24) is 4.98 Å². The van der Waals surface area contributed by atoms with Gasteiger partial charge in [0.15, 0.2) is 5.13 Å². The number of carbonyl (C=O) groups excluding carboxylic acids is 1. The van der Waals surface area contributed by atoms with E-state index in [-0.39, 0.29) is 11.8 Å². The molecule has 0 atom stereocenters. The number of rotatable bonds is 4. The lowest BCUT2D eigenvalue weighted by atomic mass is 10.1. The van der Waals surface area contributed by atoms with Crippen molar-refractivity contribution in [3.8, 4) is 0 Å². The Hall–Kier alpha value is -1.10. The zero-order chi connectivity index (χ0) is 15.6. The molecule has 0 spiro atoms. The fourth-order valence-electron chi connectivity index (χ4n) is 1.73. The summed E-state index contributed by atoms with van der Waals surface area (Å²) in [5, 5.41) is 4.56. The molecular formula is C15H16Cl2N2OS. The van der Waals surface area contributed by atoms with Gasteiger partial charge in [-0.1, -0.05) is 43.1 Å². The Labute approximate surface area is 138 Å². The Bertz CT molecular complexity index is 668. The van der Waals surface area contributed by atoms with Crippen molar-refractivity contribution in [2.75, 3.05) is 5.32 Å². The van der Waals surface area contributed by atoms with Crippen LogP contribution in [0, 0.1) is 12.8 Å². The number of nitrogens with zero attached hydrogens (tertiary/aromatic N) is 1. The van der Waals surface area contributed by atoms with Crippen molar-refractivity contribution in [3.05, 3.63) is 44.4 Å². The highest BCUT2D eigenvalue weighted by Gasteiger charge is 2.13. The molecule has 0 radical (unpaired) electrons. The molecule has 0 unspecified atom stereocenters. The van der Waals surface area contributed by atoms with Crippen molar-refractivity contribution >= 4 is 45.6 Å². The van der Waals surface area contributed by atoms with Crippen LogP contribution in [0.1, 0.15) is 30.0 Å². The van der Waals surface area contributed by atoms with Gasteiger partial charge < -0.3 is 5.32 Å². The monoisotopic (exact) mass is 342 g/mol. The van der Waals surface area contributed by atoms with Gasteiger partial charge in [0.05, 0.1) is 15.7 Å². The summed E-state index contributed by atoms with van der Waals surface area (Å²) in [7, 11) is 0. The van der Waals surface area contributed by atoms with Crippen LogP contribution in [-0.4, -0.2) is 10.9 Å². The van der Waals surface area contributed by atoms with Crippen LogP contribution < -0.4 is 5.32 Å². The van der Waals surface area contributed by atoms with E-state index in [1.54, 1.807) is 6.07 Å². The molecule has 0 aliphatic carbocycles. The molecule has 0 fully saturated rings. The molecule has 0 saturated carbocycles. The summed E-state index contributed by atoms with van der Waals surface area (Å²) in [6.07, 6.45) is 0.720. The first-order chi connectivity index (χ1) is 9.86. The first-order valence-corrected chi connectivity index (χ1v) is 8.15. The van der Waals surface area contributed by atoms with Crippen LogP contribution in [0.4, 0.5) is 5.13 Å². The minimum absolute atomic E-state index is 0.0233. The smallest absolute Gasteiger partial charge is 0.228 e. The summed E-state index contributed by atoms with van der Waals surface area (Å²) in [4.78, 5) is 17.2. The number of aromatic nitrogens is 1. The van der Waals surface area contributed by atoms with E-state index in [2.05, 4.69) is 10.3 Å². The van der Waals surface area contributed by atoms with Crippen molar-refractivity contribution in [2.24, 2.45) is 5.92 Å². The van der Waals surface area contributed by atoms with Crippen molar-refractivity contribution in [1.29, 1.82) is 0 Å². The topological polar surface area (TPSA) is 42.0 Å². The van der Waals surface area contributed by atoms with Gasteiger partial charge in [0, 0.05) is 17.2 Å². The number of aryl methyl sites for hydroxylation is 1. The molecule has 1 amide bonds. The van der Waals surface area contributed by atoms with E-state index in [4.69, 9.17) is 23.2 Å². The van der Waals surface area contributed by atoms with Crippen LogP contribution in [0.5, 0.6) is 0 Å². The minimum Gasteiger partial charge on any atom is -0.302 e. The SMILES string of the molecule is Cc1nc(NC(=O)C(C)C)sc1Cc1ccc(Cl)c(Cl)c1. The van der Waals surface area contributed by atoms with Crippen LogP contribution in [0.2, 0.25) is 10.0 Å². The quantitative estimate of drug-likeness (QED) is 0.854. The second-order valence-corrected chi connectivity index (χ2v) is 6.99. The molecule has 0 saturated heterocycles. The van der Waals surface area contributed by atoms with Gasteiger partial charge in [0.1, 0.15) is 0 Å². The summed E-state index contributed by atoms with van der Waals surface area (Å²) >= 11 is 13.4. The maximum atomic E-state index is 11.7. The first-order valence-electron chi connectivity index (χ1n) is 6.58. The number of halogens is 2. The lowest BCUT2D eigenvalue weighted by Crippen LogP contribution is -2.17. The molecule has 2 rings (SSSR count). The summed E-state index contributed by atoms with van der Waals surface area (Å²) in [6, 6.07) is 5.59. The van der Waals surface area contributed by atoms with Gasteiger partial charge in [0.25, 0.3) is 0 Å². The zero-order valence-electron chi connectivity index (χ0n) is 12.0. The fourth-order valence-corrected chi connectivity index (χ4v) is 3.05. The summed E-state index contributed by atoms with van der Waals surface area (Å²) in [5.74, 6) is -0.0856. The molecule has 2 aromatic rings. The lowest BCUT2D eigenvalue weighted by Gasteiger charge is -2.03. The molecule has 0 bridgehead atoms. The normalized spacial score (nSPS) is 11.0. The van der Waals surface area contributed by atoms with E-state index >= 15 is 0 Å². The molecule has 1 aromatic carbocycles. The number of amides is 1. The summed E-state index contributed by atoms with van der Waals surface area (Å²) in [6.45, 7) is 5.65. The van der Waals surface area contributed by atoms with Crippen LogP contribution in [-0.2, 0) is 11.2 Å². The van der Waals surface area contributed by atoms with Gasteiger partial charge in [0.2, 0.25) is 5.91 Å². The Morgan fingerprint density at radius 2 is 2.05 bits per heavy atom. The summed E-state index contributed by atoms with van der Waals surface area (Å²) in [5.41, 5.74) is 1.99. The van der Waals surface area contributed by atoms with Crippen LogP contribution in [0.25, 0.3) is 0 Å². The molecule has 0 aliphatic rings. The number of nitrogens with one attached hydrogen (secondary N) is 1. The van der Waals surface area contributed by atoms with Crippen LogP contribution in [0.3, 0.4) is 0 Å². The molecule has 6 heteroatoms. The third-order valence-corrected chi connectivity index (χ3v) is 4.81. The van der Waals surface area contributed by atoms with Crippen molar-refractivity contribution in [3.63, 3.8) is 0 Å². The fraction of sp³-hybridized carbons (Fsp3) is 0.333. The van der Waals surface area contributed by atoms with Gasteiger partial charge in [-0.25, -0.2) is 4.98 Å². The van der Waals surface area contributed by atoms with Gasteiger partial charge in [-0.2, -0.15) is 0 Å². The predicted octanol–water partition coefficient (Wildman–Crippen LogP) is 4.94. The second kappa shape index (κ2) is 6.77. The highest BCUT2D eigenvalue weighted by atomic mass is 35.5. The van der Waals surface area contributed by atoms with E-state index < -0.39 is 0 Å². The largest absolute Gasteiger partial charge is 0.302 e. The van der Waals surface area contributed by atoms with E-state index in [1.165, 1.54) is 11.3 Å². The molecule has 21 heavy (non-hydrogen) atoms. The maximum absolute atomic E-state index is 11.7. The molecule has 0 aliphatic heterocycles. The highest BCUT2D eigenvalue weighted by molar-refractivity contribution is 7.15. The molecule has 1 aromatic heterocycles. The Balaban J connectivity index is 2.15. The lowest BCUT2D eigenvalue weighted by molar-refractivity contribution is -0.118. The van der Waals surface area contributed by atoms with Crippen molar-refractivity contribution in [2.45, 2.75) is 27.2 Å². The van der Waals surface area contributed by atoms with Gasteiger partial charge in [-0.3, -0.25) is 4.79 Å². The number of hydrogen-bond acceptors (Lipinski definition) is 3. The minimum atomic E-state index is -0.0623. The molecule has 3 nitrogen and oxygen atoms in total. The predicted molar refractivity (Wildman–Crippen MR) is 89.6 cm³/mol. The third-order valence-electron chi connectivity index (χ3n) is 3.00. The summed E-state index contributed by atoms with van der Waals surface area (Å²) < 4.78 is 0. The average molecular weight is 343 g/mol. The molecule has 1 N–H and O–H groups in total. The Kier molecular flexibility index (Phi) is 5.25. The number of carbonyl (C=O) groups is 1. The second-order valence-electron chi connectivity index (χ2n) is 5.10. The van der Waals surface area contributed by atoms with Gasteiger partial charge >= 0.3 is 0 Å². The average Bonchev–Trinajstić information content (AvgIpc) is 2.74. The van der Waals surface area contributed by atoms with E-state index in [1.807, 2.05) is 32.9 Å². The van der Waals surface area contributed by atoms with Crippen LogP contribution in [0.15, 0.2) is 18.2 Å². The molecular weight excluding hydrogens is 327 g/mol. The number of thiazole rings is 1. The third kappa shape index (κ3) is 4.19.